The molecule has 1 fully saturated rings. The SMILES string of the molecule is C=Cc1ncccc1-c1ccc2c(c1)C(C(=O)NC1CCN(CC(C)C)C(C)C1)=CC(C)CC2. The first-order valence-electron chi connectivity index (χ1n) is 12.8. The molecule has 1 aliphatic carbocycles. The zero-order chi connectivity index (χ0) is 24.2. The quantitative estimate of drug-likeness (QED) is 0.580. The molecule has 0 radical (unpaired) electrons. The molecular weight excluding hydrogens is 418 g/mol. The molecule has 4 heteroatoms. The Morgan fingerprint density at radius 2 is 2.06 bits per heavy atom. The maximum absolute atomic E-state index is 13.6. The van der Waals surface area contributed by atoms with Crippen LogP contribution >= 0.6 is 0 Å². The number of amides is 1. The molecule has 1 aliphatic heterocycles. The highest BCUT2D eigenvalue weighted by atomic mass is 16.1. The topological polar surface area (TPSA) is 45.2 Å². The molecule has 2 aromatic rings. The van der Waals surface area contributed by atoms with Crippen LogP contribution < -0.4 is 5.32 Å². The first kappa shape index (κ1) is 24.4. The minimum Gasteiger partial charge on any atom is -0.349 e. The van der Waals surface area contributed by atoms with E-state index in [1.54, 1.807) is 12.3 Å². The van der Waals surface area contributed by atoms with Crippen LogP contribution in [0.5, 0.6) is 0 Å². The molecule has 1 aromatic heterocycles. The van der Waals surface area contributed by atoms with E-state index in [0.29, 0.717) is 17.9 Å². The maximum atomic E-state index is 13.6. The third-order valence-electron chi connectivity index (χ3n) is 7.26. The lowest BCUT2D eigenvalue weighted by atomic mass is 9.92. The van der Waals surface area contributed by atoms with Gasteiger partial charge in [0.15, 0.2) is 0 Å². The van der Waals surface area contributed by atoms with Gasteiger partial charge in [-0.05, 0) is 79.3 Å². The fraction of sp³-hybridized carbons (Fsp3) is 0.467. The second kappa shape index (κ2) is 10.7. The van der Waals surface area contributed by atoms with Gasteiger partial charge in [0.1, 0.15) is 0 Å². The minimum absolute atomic E-state index is 0.0665. The summed E-state index contributed by atoms with van der Waals surface area (Å²) in [5, 5.41) is 3.40. The van der Waals surface area contributed by atoms with Crippen molar-refractivity contribution in [1.82, 2.24) is 15.2 Å². The third-order valence-corrected chi connectivity index (χ3v) is 7.26. The molecule has 1 N–H and O–H groups in total. The van der Waals surface area contributed by atoms with Crippen molar-refractivity contribution >= 4 is 17.6 Å². The number of nitrogens with one attached hydrogen (secondary N) is 1. The van der Waals surface area contributed by atoms with Gasteiger partial charge >= 0.3 is 0 Å². The van der Waals surface area contributed by atoms with Gasteiger partial charge < -0.3 is 10.2 Å². The molecule has 2 aliphatic rings. The van der Waals surface area contributed by atoms with Crippen molar-refractivity contribution in [1.29, 1.82) is 0 Å². The number of piperidine rings is 1. The van der Waals surface area contributed by atoms with Crippen LogP contribution in [-0.2, 0) is 11.2 Å². The molecule has 0 bridgehead atoms. The lowest BCUT2D eigenvalue weighted by Crippen LogP contribution is -2.49. The summed E-state index contributed by atoms with van der Waals surface area (Å²) in [4.78, 5) is 20.7. The normalized spacial score (nSPS) is 23.1. The summed E-state index contributed by atoms with van der Waals surface area (Å²) in [6.45, 7) is 15.1. The lowest BCUT2D eigenvalue weighted by Gasteiger charge is -2.39. The van der Waals surface area contributed by atoms with Gasteiger partial charge in [0, 0.05) is 42.5 Å². The summed E-state index contributed by atoms with van der Waals surface area (Å²) < 4.78 is 0. The molecule has 180 valence electrons. The van der Waals surface area contributed by atoms with E-state index in [1.807, 2.05) is 6.07 Å². The first-order valence-corrected chi connectivity index (χ1v) is 12.8. The molecule has 3 unspecified atom stereocenters. The summed E-state index contributed by atoms with van der Waals surface area (Å²) in [5.41, 5.74) is 6.11. The molecule has 34 heavy (non-hydrogen) atoms. The number of aryl methyl sites for hydroxylation is 1. The Morgan fingerprint density at radius 3 is 2.79 bits per heavy atom. The Hall–Kier alpha value is -2.72. The highest BCUT2D eigenvalue weighted by Gasteiger charge is 2.29. The molecule has 0 saturated carbocycles. The van der Waals surface area contributed by atoms with E-state index >= 15 is 0 Å². The zero-order valence-electron chi connectivity index (χ0n) is 21.2. The largest absolute Gasteiger partial charge is 0.349 e. The van der Waals surface area contributed by atoms with E-state index < -0.39 is 0 Å². The van der Waals surface area contributed by atoms with Gasteiger partial charge in [-0.15, -0.1) is 0 Å². The summed E-state index contributed by atoms with van der Waals surface area (Å²) >= 11 is 0. The van der Waals surface area contributed by atoms with Crippen LogP contribution in [0, 0.1) is 11.8 Å². The van der Waals surface area contributed by atoms with Crippen LogP contribution in [0.2, 0.25) is 0 Å². The van der Waals surface area contributed by atoms with E-state index in [2.05, 4.69) is 79.8 Å². The Kier molecular flexibility index (Phi) is 7.67. The fourth-order valence-electron chi connectivity index (χ4n) is 5.43. The Morgan fingerprint density at radius 1 is 1.24 bits per heavy atom. The highest BCUT2D eigenvalue weighted by Crippen LogP contribution is 2.33. The van der Waals surface area contributed by atoms with Gasteiger partial charge in [-0.1, -0.05) is 51.6 Å². The van der Waals surface area contributed by atoms with Crippen molar-refractivity contribution < 1.29 is 4.79 Å². The third kappa shape index (κ3) is 5.50. The van der Waals surface area contributed by atoms with E-state index in [-0.39, 0.29) is 11.9 Å². The number of rotatable bonds is 6. The molecule has 1 amide bonds. The van der Waals surface area contributed by atoms with Gasteiger partial charge in [-0.25, -0.2) is 0 Å². The fourth-order valence-corrected chi connectivity index (χ4v) is 5.43. The van der Waals surface area contributed by atoms with Crippen LogP contribution in [-0.4, -0.2) is 41.0 Å². The molecule has 2 heterocycles. The van der Waals surface area contributed by atoms with Crippen LogP contribution in [0.3, 0.4) is 0 Å². The summed E-state index contributed by atoms with van der Waals surface area (Å²) in [5.74, 6) is 1.10. The number of nitrogens with zero attached hydrogens (tertiary/aromatic N) is 2. The molecule has 1 saturated heterocycles. The molecule has 0 spiro atoms. The summed E-state index contributed by atoms with van der Waals surface area (Å²) in [7, 11) is 0. The molecule has 4 rings (SSSR count). The second-order valence-electron chi connectivity index (χ2n) is 10.5. The lowest BCUT2D eigenvalue weighted by molar-refractivity contribution is -0.116. The van der Waals surface area contributed by atoms with Gasteiger partial charge in [0.25, 0.3) is 5.91 Å². The Labute approximate surface area is 205 Å². The van der Waals surface area contributed by atoms with Crippen molar-refractivity contribution in [2.45, 2.75) is 65.5 Å². The van der Waals surface area contributed by atoms with Crippen LogP contribution in [0.1, 0.15) is 63.8 Å². The first-order chi connectivity index (χ1) is 16.4. The van der Waals surface area contributed by atoms with Crippen molar-refractivity contribution in [3.8, 4) is 11.1 Å². The number of carbonyl (C=O) groups excluding carboxylic acids is 1. The average Bonchev–Trinajstić information content (AvgIpc) is 2.99. The predicted octanol–water partition coefficient (Wildman–Crippen LogP) is 5.98. The number of aromatic nitrogens is 1. The molecule has 3 atom stereocenters. The van der Waals surface area contributed by atoms with Crippen molar-refractivity contribution in [3.05, 3.63) is 66.0 Å². The minimum atomic E-state index is 0.0665. The maximum Gasteiger partial charge on any atom is 0.251 e. The van der Waals surface area contributed by atoms with E-state index in [1.165, 1.54) is 5.56 Å². The monoisotopic (exact) mass is 457 g/mol. The van der Waals surface area contributed by atoms with E-state index in [9.17, 15) is 4.79 Å². The van der Waals surface area contributed by atoms with Crippen LogP contribution in [0.15, 0.2) is 49.2 Å². The van der Waals surface area contributed by atoms with Gasteiger partial charge in [0.05, 0.1) is 5.69 Å². The van der Waals surface area contributed by atoms with Gasteiger partial charge in [-0.3, -0.25) is 9.78 Å². The molecular formula is C30H39N3O. The number of fused-ring (bicyclic) bond motifs is 1. The number of allylic oxidation sites excluding steroid dienone is 1. The van der Waals surface area contributed by atoms with Gasteiger partial charge in [-0.2, -0.15) is 0 Å². The standard InChI is InChI=1S/C30H39N3O/c1-6-29-26(8-7-14-31-29)24-12-11-23-10-9-21(4)16-28(27(23)18-24)30(34)32-25-13-15-33(19-20(2)3)22(5)17-25/h6-8,11-12,14,16,18,20-22,25H,1,9-10,13,15,17,19H2,2-5H3,(H,32,34). The van der Waals surface area contributed by atoms with E-state index in [4.69, 9.17) is 0 Å². The second-order valence-corrected chi connectivity index (χ2v) is 10.5. The average molecular weight is 458 g/mol. The number of benzene rings is 1. The zero-order valence-corrected chi connectivity index (χ0v) is 21.2. The summed E-state index contributed by atoms with van der Waals surface area (Å²) in [6.07, 6.45) is 9.81. The molecule has 4 nitrogen and oxygen atoms in total. The Bertz CT molecular complexity index is 1070. The number of carbonyl (C=O) groups is 1. The predicted molar refractivity (Wildman–Crippen MR) is 142 cm³/mol. The number of pyridine rings is 1. The van der Waals surface area contributed by atoms with Crippen molar-refractivity contribution in [3.63, 3.8) is 0 Å². The van der Waals surface area contributed by atoms with Crippen LogP contribution in [0.4, 0.5) is 0 Å². The summed E-state index contributed by atoms with van der Waals surface area (Å²) in [6, 6.07) is 11.3. The van der Waals surface area contributed by atoms with Gasteiger partial charge in [0.2, 0.25) is 0 Å². The number of hydrogen-bond acceptors (Lipinski definition) is 3. The smallest absolute Gasteiger partial charge is 0.251 e. The van der Waals surface area contributed by atoms with Crippen molar-refractivity contribution in [2.75, 3.05) is 13.1 Å². The highest BCUT2D eigenvalue weighted by molar-refractivity contribution is 6.20. The van der Waals surface area contributed by atoms with Crippen LogP contribution in [0.25, 0.3) is 22.8 Å². The van der Waals surface area contributed by atoms with E-state index in [0.717, 1.165) is 66.7 Å². The molecule has 1 aromatic carbocycles. The van der Waals surface area contributed by atoms with Crippen molar-refractivity contribution in [2.24, 2.45) is 11.8 Å². The number of hydrogen-bond donors (Lipinski definition) is 1. The number of likely N-dealkylation sites (tertiary alicyclic amines) is 1. The Balaban J connectivity index is 1.59.